The lowest BCUT2D eigenvalue weighted by Crippen LogP contribution is -2.53. The molecular formula is C14H20N2O5. The molecule has 6 N–H and O–H groups in total. The van der Waals surface area contributed by atoms with Gasteiger partial charge in [-0.3, -0.25) is 5.32 Å². The summed E-state index contributed by atoms with van der Waals surface area (Å²) in [6.45, 7) is -0.471. The van der Waals surface area contributed by atoms with E-state index in [1.807, 2.05) is 30.3 Å². The fraction of sp³-hybridized carbons (Fsp3) is 0.500. The molecule has 0 bridgehead atoms. The highest BCUT2D eigenvalue weighted by molar-refractivity contribution is 5.15. The third kappa shape index (κ3) is 5.06. The second-order valence-electron chi connectivity index (χ2n) is 4.69. The lowest BCUT2D eigenvalue weighted by Gasteiger charge is -2.28. The standard InChI is InChI=1S/C14H20N2O5/c15-6-10(16-7-9-4-2-1-3-5-9)12(19)14(21)13(20)11(18)8-17/h1-5,10-14,16-21H,7-8H2/t10-,11-,12-,13-,14+/m1/s1. The number of aliphatic hydroxyl groups excluding tert-OH is 5. The van der Waals surface area contributed by atoms with E-state index in [1.165, 1.54) is 0 Å². The van der Waals surface area contributed by atoms with Crippen LogP contribution in [0.3, 0.4) is 0 Å². The lowest BCUT2D eigenvalue weighted by molar-refractivity contribution is -0.118. The van der Waals surface area contributed by atoms with Crippen molar-refractivity contribution in [2.75, 3.05) is 6.61 Å². The Hall–Kier alpha value is -1.53. The van der Waals surface area contributed by atoms with Gasteiger partial charge in [0.2, 0.25) is 0 Å². The van der Waals surface area contributed by atoms with Crippen molar-refractivity contribution in [3.05, 3.63) is 35.9 Å². The summed E-state index contributed by atoms with van der Waals surface area (Å²) in [6.07, 6.45) is -6.72. The summed E-state index contributed by atoms with van der Waals surface area (Å²) in [4.78, 5) is 0. The van der Waals surface area contributed by atoms with Crippen LogP contribution in [-0.4, -0.2) is 62.6 Å². The fourth-order valence-corrected chi connectivity index (χ4v) is 1.80. The molecule has 0 radical (unpaired) electrons. The van der Waals surface area contributed by atoms with Crippen molar-refractivity contribution in [2.24, 2.45) is 0 Å². The van der Waals surface area contributed by atoms with E-state index in [4.69, 9.17) is 10.4 Å². The Morgan fingerprint density at radius 3 is 2.14 bits per heavy atom. The zero-order valence-electron chi connectivity index (χ0n) is 11.4. The molecule has 116 valence electrons. The topological polar surface area (TPSA) is 137 Å². The predicted octanol–water partition coefficient (Wildman–Crippen LogP) is -1.90. The predicted molar refractivity (Wildman–Crippen MR) is 73.8 cm³/mol. The Balaban J connectivity index is 2.60. The number of aliphatic hydroxyl groups is 5. The summed E-state index contributed by atoms with van der Waals surface area (Å²) in [5.41, 5.74) is 0.885. The van der Waals surface area contributed by atoms with Gasteiger partial charge < -0.3 is 25.5 Å². The van der Waals surface area contributed by atoms with Gasteiger partial charge in [0.15, 0.2) is 0 Å². The molecule has 0 spiro atoms. The summed E-state index contributed by atoms with van der Waals surface area (Å²) in [5, 5.41) is 58.8. The molecule has 0 amide bonds. The van der Waals surface area contributed by atoms with Gasteiger partial charge in [0, 0.05) is 6.54 Å². The smallest absolute Gasteiger partial charge is 0.124 e. The molecule has 0 unspecified atom stereocenters. The monoisotopic (exact) mass is 296 g/mol. The van der Waals surface area contributed by atoms with Crippen LogP contribution in [-0.2, 0) is 6.54 Å². The van der Waals surface area contributed by atoms with Crippen molar-refractivity contribution in [1.29, 1.82) is 5.26 Å². The lowest BCUT2D eigenvalue weighted by atomic mass is 9.98. The van der Waals surface area contributed by atoms with Crippen molar-refractivity contribution >= 4 is 0 Å². The van der Waals surface area contributed by atoms with Crippen LogP contribution < -0.4 is 5.32 Å². The number of hydrogen-bond donors (Lipinski definition) is 6. The first-order valence-electron chi connectivity index (χ1n) is 6.51. The summed E-state index contributed by atoms with van der Waals surface area (Å²) in [6, 6.07) is 9.80. The van der Waals surface area contributed by atoms with Gasteiger partial charge >= 0.3 is 0 Å². The largest absolute Gasteiger partial charge is 0.394 e. The quantitative estimate of drug-likeness (QED) is 0.330. The molecule has 0 saturated heterocycles. The van der Waals surface area contributed by atoms with Gasteiger partial charge in [-0.15, -0.1) is 0 Å². The van der Waals surface area contributed by atoms with Crippen molar-refractivity contribution in [3.63, 3.8) is 0 Å². The van der Waals surface area contributed by atoms with Crippen molar-refractivity contribution < 1.29 is 25.5 Å². The third-order valence-corrected chi connectivity index (χ3v) is 3.13. The van der Waals surface area contributed by atoms with Crippen molar-refractivity contribution in [2.45, 2.75) is 37.0 Å². The molecule has 1 aromatic rings. The molecule has 1 rings (SSSR count). The molecule has 0 aliphatic rings. The Morgan fingerprint density at radius 1 is 1.00 bits per heavy atom. The average molecular weight is 296 g/mol. The normalized spacial score (nSPS) is 18.3. The molecule has 0 aromatic heterocycles. The number of rotatable bonds is 8. The zero-order valence-corrected chi connectivity index (χ0v) is 11.4. The van der Waals surface area contributed by atoms with Crippen LogP contribution in [0.15, 0.2) is 30.3 Å². The van der Waals surface area contributed by atoms with E-state index in [0.29, 0.717) is 6.54 Å². The van der Waals surface area contributed by atoms with Crippen LogP contribution in [0.1, 0.15) is 5.56 Å². The van der Waals surface area contributed by atoms with Crippen LogP contribution in [0, 0.1) is 11.3 Å². The van der Waals surface area contributed by atoms with Gasteiger partial charge in [-0.25, -0.2) is 0 Å². The van der Waals surface area contributed by atoms with Crippen molar-refractivity contribution in [1.82, 2.24) is 5.32 Å². The van der Waals surface area contributed by atoms with Crippen LogP contribution in [0.2, 0.25) is 0 Å². The minimum absolute atomic E-state index is 0.293. The molecule has 1 aromatic carbocycles. The highest BCUT2D eigenvalue weighted by Crippen LogP contribution is 2.09. The minimum atomic E-state index is -1.76. The van der Waals surface area contributed by atoms with Crippen LogP contribution in [0.4, 0.5) is 0 Å². The first-order chi connectivity index (χ1) is 10.0. The second kappa shape index (κ2) is 8.69. The Bertz CT molecular complexity index is 450. The van der Waals surface area contributed by atoms with E-state index in [9.17, 15) is 20.4 Å². The van der Waals surface area contributed by atoms with E-state index in [2.05, 4.69) is 5.32 Å². The highest BCUT2D eigenvalue weighted by Gasteiger charge is 2.34. The molecular weight excluding hydrogens is 276 g/mol. The summed E-state index contributed by atoms with van der Waals surface area (Å²) in [7, 11) is 0. The fourth-order valence-electron chi connectivity index (χ4n) is 1.80. The second-order valence-corrected chi connectivity index (χ2v) is 4.69. The first kappa shape index (κ1) is 17.5. The number of hydrogen-bond acceptors (Lipinski definition) is 7. The molecule has 7 nitrogen and oxygen atoms in total. The molecule has 21 heavy (non-hydrogen) atoms. The van der Waals surface area contributed by atoms with Crippen LogP contribution in [0.5, 0.6) is 0 Å². The molecule has 5 atom stereocenters. The number of benzene rings is 1. The van der Waals surface area contributed by atoms with Gasteiger partial charge in [0.05, 0.1) is 12.7 Å². The maximum absolute atomic E-state index is 9.88. The zero-order chi connectivity index (χ0) is 15.8. The van der Waals surface area contributed by atoms with Gasteiger partial charge in [-0.1, -0.05) is 30.3 Å². The van der Waals surface area contributed by atoms with Crippen LogP contribution >= 0.6 is 0 Å². The maximum Gasteiger partial charge on any atom is 0.124 e. The Morgan fingerprint density at radius 2 is 1.62 bits per heavy atom. The SMILES string of the molecule is N#C[C@@H](NCc1ccccc1)[C@@H](O)[C@H](O)[C@H](O)[C@H](O)CO. The molecule has 0 fully saturated rings. The van der Waals surface area contributed by atoms with Gasteiger partial charge in [-0.05, 0) is 5.56 Å². The molecule has 0 aliphatic carbocycles. The summed E-state index contributed by atoms with van der Waals surface area (Å²) >= 11 is 0. The van der Waals surface area contributed by atoms with E-state index in [1.54, 1.807) is 6.07 Å². The third-order valence-electron chi connectivity index (χ3n) is 3.13. The maximum atomic E-state index is 9.88. The van der Waals surface area contributed by atoms with E-state index < -0.39 is 37.1 Å². The molecule has 0 heterocycles. The van der Waals surface area contributed by atoms with Crippen LogP contribution in [0.25, 0.3) is 0 Å². The Labute approximate surface area is 122 Å². The summed E-state index contributed by atoms with van der Waals surface area (Å²) in [5.74, 6) is 0. The van der Waals surface area contributed by atoms with Gasteiger partial charge in [-0.2, -0.15) is 5.26 Å². The van der Waals surface area contributed by atoms with E-state index in [0.717, 1.165) is 5.56 Å². The highest BCUT2D eigenvalue weighted by atomic mass is 16.4. The van der Waals surface area contributed by atoms with E-state index >= 15 is 0 Å². The number of nitrogens with one attached hydrogen (secondary N) is 1. The number of nitriles is 1. The summed E-state index contributed by atoms with van der Waals surface area (Å²) < 4.78 is 0. The minimum Gasteiger partial charge on any atom is -0.394 e. The number of nitrogens with zero attached hydrogens (tertiary/aromatic N) is 1. The Kier molecular flexibility index (Phi) is 7.25. The van der Waals surface area contributed by atoms with Gasteiger partial charge in [0.1, 0.15) is 30.5 Å². The molecule has 7 heteroatoms. The molecule has 0 aliphatic heterocycles. The van der Waals surface area contributed by atoms with E-state index in [-0.39, 0.29) is 0 Å². The average Bonchev–Trinajstić information content (AvgIpc) is 2.53. The molecule has 0 saturated carbocycles. The van der Waals surface area contributed by atoms with Gasteiger partial charge in [0.25, 0.3) is 0 Å². The van der Waals surface area contributed by atoms with Crippen molar-refractivity contribution in [3.8, 4) is 6.07 Å². The first-order valence-corrected chi connectivity index (χ1v) is 6.51.